The van der Waals surface area contributed by atoms with Crippen LogP contribution >= 0.6 is 0 Å². The van der Waals surface area contributed by atoms with Crippen LogP contribution in [0.3, 0.4) is 0 Å². The van der Waals surface area contributed by atoms with Crippen molar-refractivity contribution in [2.24, 2.45) is 11.8 Å². The fourth-order valence-electron chi connectivity index (χ4n) is 4.32. The van der Waals surface area contributed by atoms with Crippen molar-refractivity contribution < 1.29 is 22.8 Å². The number of carbonyl (C=O) groups is 3. The van der Waals surface area contributed by atoms with E-state index in [1.54, 1.807) is 29.2 Å². The number of benzene rings is 1. The molecule has 0 radical (unpaired) electrons. The van der Waals surface area contributed by atoms with E-state index in [1.807, 2.05) is 12.2 Å². The third-order valence-corrected chi connectivity index (χ3v) is 7.23. The van der Waals surface area contributed by atoms with E-state index >= 15 is 0 Å². The van der Waals surface area contributed by atoms with E-state index in [1.165, 1.54) is 4.90 Å². The predicted octanol–water partition coefficient (Wildman–Crippen LogP) is 1.18. The molecule has 3 amide bonds. The molecule has 0 aromatic heterocycles. The highest BCUT2D eigenvalue weighted by Crippen LogP contribution is 2.37. The second-order valence-electron chi connectivity index (χ2n) is 8.07. The second-order valence-corrected chi connectivity index (χ2v) is 10.1. The monoisotopic (exact) mass is 416 g/mol. The first-order valence-electron chi connectivity index (χ1n) is 9.84. The zero-order chi connectivity index (χ0) is 20.8. The normalized spacial score (nSPS) is 24.6. The molecule has 2 atom stereocenters. The number of rotatable bonds is 5. The number of nitrogens with zero attached hydrogens (tertiary/aromatic N) is 2. The molecule has 0 saturated carbocycles. The molecule has 154 valence electrons. The third-order valence-electron chi connectivity index (χ3n) is 6.10. The number of fused-ring (bicyclic) bond motifs is 1. The number of carbonyl (C=O) groups excluding carboxylic acids is 3. The van der Waals surface area contributed by atoms with Gasteiger partial charge in [0.05, 0.1) is 22.8 Å². The number of likely N-dealkylation sites (tertiary alicyclic amines) is 2. The highest BCUT2D eigenvalue weighted by molar-refractivity contribution is 7.90. The Bertz CT molecular complexity index is 951. The molecule has 1 aromatic carbocycles. The van der Waals surface area contributed by atoms with E-state index in [2.05, 4.69) is 0 Å². The SMILES string of the molecule is CS(=O)(=O)c1ccc(CCC(=O)N2CC(N3C(=O)[C@@H]4CC=CC[C@H]4C3=O)C2)cc1. The highest BCUT2D eigenvalue weighted by Gasteiger charge is 2.52. The molecular formula is C21H24N2O5S. The second kappa shape index (κ2) is 7.40. The van der Waals surface area contributed by atoms with Crippen molar-refractivity contribution in [3.05, 3.63) is 42.0 Å². The molecule has 4 rings (SSSR count). The summed E-state index contributed by atoms with van der Waals surface area (Å²) in [7, 11) is -3.23. The molecule has 1 aliphatic carbocycles. The van der Waals surface area contributed by atoms with Gasteiger partial charge in [0.25, 0.3) is 0 Å². The van der Waals surface area contributed by atoms with Gasteiger partial charge in [-0.15, -0.1) is 0 Å². The van der Waals surface area contributed by atoms with Crippen LogP contribution in [0.15, 0.2) is 41.3 Å². The van der Waals surface area contributed by atoms with Gasteiger partial charge in [0, 0.05) is 25.8 Å². The first-order chi connectivity index (χ1) is 13.8. The van der Waals surface area contributed by atoms with Crippen molar-refractivity contribution >= 4 is 27.6 Å². The quantitative estimate of drug-likeness (QED) is 0.531. The topological polar surface area (TPSA) is 91.8 Å². The number of aryl methyl sites for hydroxylation is 1. The minimum Gasteiger partial charge on any atom is -0.338 e. The maximum atomic E-state index is 12.6. The Morgan fingerprint density at radius 1 is 1.00 bits per heavy atom. The molecule has 2 heterocycles. The van der Waals surface area contributed by atoms with Crippen LogP contribution in [0.25, 0.3) is 0 Å². The minimum absolute atomic E-state index is 0.0217. The molecule has 0 N–H and O–H groups in total. The smallest absolute Gasteiger partial charge is 0.233 e. The Morgan fingerprint density at radius 3 is 2.07 bits per heavy atom. The standard InChI is InChI=1S/C21H24N2O5S/c1-29(27,28)16-9-6-14(7-10-16)8-11-19(24)22-12-15(13-22)23-20(25)17-4-2-3-5-18(17)21(23)26/h2-3,6-7,9-10,15,17-18H,4-5,8,11-13H2,1H3/t17-,18-/m1/s1. The molecule has 2 aliphatic heterocycles. The van der Waals surface area contributed by atoms with Gasteiger partial charge in [-0.25, -0.2) is 8.42 Å². The number of allylic oxidation sites excluding steroid dienone is 2. The van der Waals surface area contributed by atoms with E-state index in [4.69, 9.17) is 0 Å². The zero-order valence-electron chi connectivity index (χ0n) is 16.3. The van der Waals surface area contributed by atoms with Gasteiger partial charge in [-0.1, -0.05) is 24.3 Å². The van der Waals surface area contributed by atoms with E-state index in [9.17, 15) is 22.8 Å². The Balaban J connectivity index is 1.28. The van der Waals surface area contributed by atoms with Crippen LogP contribution in [0, 0.1) is 11.8 Å². The van der Waals surface area contributed by atoms with Gasteiger partial charge < -0.3 is 4.90 Å². The fourth-order valence-corrected chi connectivity index (χ4v) is 4.95. The third kappa shape index (κ3) is 3.73. The minimum atomic E-state index is -3.23. The van der Waals surface area contributed by atoms with Crippen molar-refractivity contribution in [2.75, 3.05) is 19.3 Å². The Morgan fingerprint density at radius 2 is 1.55 bits per heavy atom. The van der Waals surface area contributed by atoms with Crippen LogP contribution in [0.4, 0.5) is 0 Å². The number of hydrogen-bond donors (Lipinski definition) is 0. The summed E-state index contributed by atoms with van der Waals surface area (Å²) in [6.45, 7) is 0.798. The summed E-state index contributed by atoms with van der Waals surface area (Å²) in [4.78, 5) is 41.0. The number of amides is 3. The molecule has 29 heavy (non-hydrogen) atoms. The molecular weight excluding hydrogens is 392 g/mol. The van der Waals surface area contributed by atoms with Gasteiger partial charge >= 0.3 is 0 Å². The number of imide groups is 1. The summed E-state index contributed by atoms with van der Waals surface area (Å²) in [5, 5.41) is 0. The largest absolute Gasteiger partial charge is 0.338 e. The van der Waals surface area contributed by atoms with Gasteiger partial charge in [-0.3, -0.25) is 19.3 Å². The number of hydrogen-bond acceptors (Lipinski definition) is 5. The summed E-state index contributed by atoms with van der Waals surface area (Å²) in [6.07, 6.45) is 7.17. The van der Waals surface area contributed by atoms with Crippen molar-refractivity contribution in [3.63, 3.8) is 0 Å². The van der Waals surface area contributed by atoms with E-state index in [-0.39, 0.29) is 40.5 Å². The average Bonchev–Trinajstić information content (AvgIpc) is 2.90. The molecule has 0 bridgehead atoms. The van der Waals surface area contributed by atoms with Crippen LogP contribution in [-0.2, 0) is 30.6 Å². The molecule has 3 aliphatic rings. The summed E-state index contributed by atoms with van der Waals surface area (Å²) < 4.78 is 23.0. The van der Waals surface area contributed by atoms with Gasteiger partial charge in [-0.05, 0) is 37.0 Å². The van der Waals surface area contributed by atoms with Crippen LogP contribution in [0.5, 0.6) is 0 Å². The van der Waals surface area contributed by atoms with Gasteiger partial charge in [0.15, 0.2) is 9.84 Å². The highest BCUT2D eigenvalue weighted by atomic mass is 32.2. The van der Waals surface area contributed by atoms with Crippen LogP contribution in [0.2, 0.25) is 0 Å². The Hall–Kier alpha value is -2.48. The lowest BCUT2D eigenvalue weighted by Gasteiger charge is -2.43. The van der Waals surface area contributed by atoms with E-state index in [0.29, 0.717) is 38.8 Å². The van der Waals surface area contributed by atoms with Crippen molar-refractivity contribution in [2.45, 2.75) is 36.6 Å². The summed E-state index contributed by atoms with van der Waals surface area (Å²) in [6, 6.07) is 6.33. The predicted molar refractivity (Wildman–Crippen MR) is 105 cm³/mol. The van der Waals surface area contributed by atoms with Crippen LogP contribution in [-0.4, -0.2) is 61.3 Å². The van der Waals surface area contributed by atoms with Gasteiger partial charge in [-0.2, -0.15) is 0 Å². The van der Waals surface area contributed by atoms with Crippen LogP contribution < -0.4 is 0 Å². The molecule has 2 saturated heterocycles. The summed E-state index contributed by atoms with van der Waals surface area (Å²) >= 11 is 0. The van der Waals surface area contributed by atoms with Crippen molar-refractivity contribution in [3.8, 4) is 0 Å². The van der Waals surface area contributed by atoms with E-state index in [0.717, 1.165) is 11.8 Å². The van der Waals surface area contributed by atoms with Crippen molar-refractivity contribution in [1.29, 1.82) is 0 Å². The zero-order valence-corrected chi connectivity index (χ0v) is 17.1. The maximum absolute atomic E-state index is 12.6. The number of sulfone groups is 1. The summed E-state index contributed by atoms with van der Waals surface area (Å²) in [5.74, 6) is -0.661. The fraction of sp³-hybridized carbons (Fsp3) is 0.476. The molecule has 8 heteroatoms. The average molecular weight is 416 g/mol. The molecule has 0 spiro atoms. The summed E-state index contributed by atoms with van der Waals surface area (Å²) in [5.41, 5.74) is 0.893. The van der Waals surface area contributed by atoms with Crippen LogP contribution in [0.1, 0.15) is 24.8 Å². The lowest BCUT2D eigenvalue weighted by atomic mass is 9.85. The lowest BCUT2D eigenvalue weighted by molar-refractivity contribution is -0.152. The Kier molecular flexibility index (Phi) is 5.06. The Labute approximate surface area is 170 Å². The first kappa shape index (κ1) is 19.8. The lowest BCUT2D eigenvalue weighted by Crippen LogP contribution is -2.62. The van der Waals surface area contributed by atoms with Gasteiger partial charge in [0.2, 0.25) is 17.7 Å². The molecule has 0 unspecified atom stereocenters. The molecule has 1 aromatic rings. The maximum Gasteiger partial charge on any atom is 0.233 e. The molecule has 2 fully saturated rings. The van der Waals surface area contributed by atoms with E-state index < -0.39 is 9.84 Å². The van der Waals surface area contributed by atoms with Gasteiger partial charge in [0.1, 0.15) is 0 Å². The van der Waals surface area contributed by atoms with Crippen molar-refractivity contribution in [1.82, 2.24) is 9.80 Å². The molecule has 7 nitrogen and oxygen atoms in total. The first-order valence-corrected chi connectivity index (χ1v) is 11.7.